The van der Waals surface area contributed by atoms with Gasteiger partial charge in [-0.15, -0.1) is 0 Å². The van der Waals surface area contributed by atoms with Gasteiger partial charge in [-0.3, -0.25) is 9.59 Å². The van der Waals surface area contributed by atoms with Crippen molar-refractivity contribution in [2.24, 2.45) is 11.8 Å². The van der Waals surface area contributed by atoms with E-state index in [9.17, 15) is 19.5 Å². The van der Waals surface area contributed by atoms with Crippen LogP contribution in [0.4, 0.5) is 0 Å². The number of H-pyrrole nitrogens is 1. The third kappa shape index (κ3) is 5.96. The Balaban J connectivity index is 1.54. The molecule has 7 heteroatoms. The van der Waals surface area contributed by atoms with Gasteiger partial charge < -0.3 is 20.3 Å². The number of carbonyl (C=O) groups is 3. The summed E-state index contributed by atoms with van der Waals surface area (Å²) >= 11 is 0. The summed E-state index contributed by atoms with van der Waals surface area (Å²) in [6.07, 6.45) is 6.01. The van der Waals surface area contributed by atoms with Crippen LogP contribution in [0.25, 0.3) is 10.9 Å². The summed E-state index contributed by atoms with van der Waals surface area (Å²) in [5, 5.41) is 13.6. The number of aromatic amines is 1. The van der Waals surface area contributed by atoms with Crippen LogP contribution in [-0.2, 0) is 27.2 Å². The second-order valence-electron chi connectivity index (χ2n) is 10.1. The number of carboxylic acid groups (broad SMARTS) is 1. The van der Waals surface area contributed by atoms with Gasteiger partial charge in [0.05, 0.1) is 0 Å². The highest BCUT2D eigenvalue weighted by Gasteiger charge is 2.35. The van der Waals surface area contributed by atoms with E-state index >= 15 is 0 Å². The lowest BCUT2D eigenvalue weighted by molar-refractivity contribution is -0.145. The predicted octanol–water partition coefficient (Wildman–Crippen LogP) is 4.18. The summed E-state index contributed by atoms with van der Waals surface area (Å²) in [5.41, 5.74) is 2.65. The van der Waals surface area contributed by atoms with Crippen molar-refractivity contribution in [3.8, 4) is 0 Å². The molecule has 2 aromatic carbocycles. The molecule has 7 nitrogen and oxygen atoms in total. The number of para-hydroxylation sites is 1. The minimum Gasteiger partial charge on any atom is -0.480 e. The molecule has 0 aliphatic heterocycles. The van der Waals surface area contributed by atoms with Crippen LogP contribution in [0.3, 0.4) is 0 Å². The molecule has 2 amide bonds. The quantitative estimate of drug-likeness (QED) is 0.420. The van der Waals surface area contributed by atoms with Crippen molar-refractivity contribution in [2.45, 2.75) is 57.5 Å². The first-order chi connectivity index (χ1) is 17.3. The van der Waals surface area contributed by atoms with Crippen LogP contribution in [0.15, 0.2) is 60.8 Å². The second-order valence-corrected chi connectivity index (χ2v) is 10.1. The standard InChI is InChI=1S/C29H35N3O4/c1-19-9-8-12-21(15-19)28(34)32(2)26(16-20-10-4-3-5-11-20)27(33)31-25(29(35)36)17-22-18-30-24-14-7-6-13-23(22)24/h3-7,10-11,13-14,18-19,21,25-26,30H,8-9,12,15-17H2,1-2H3,(H,31,33)(H,35,36)/t19?,21?,25-,26+/m0/s1. The molecule has 0 saturated heterocycles. The molecule has 0 radical (unpaired) electrons. The van der Waals surface area contributed by atoms with Gasteiger partial charge in [0.1, 0.15) is 12.1 Å². The molecule has 1 aromatic heterocycles. The molecule has 4 atom stereocenters. The molecule has 0 bridgehead atoms. The van der Waals surface area contributed by atoms with Crippen molar-refractivity contribution in [3.63, 3.8) is 0 Å². The zero-order chi connectivity index (χ0) is 25.7. The molecule has 3 N–H and O–H groups in total. The molecule has 36 heavy (non-hydrogen) atoms. The van der Waals surface area contributed by atoms with Crippen LogP contribution >= 0.6 is 0 Å². The van der Waals surface area contributed by atoms with E-state index in [1.165, 1.54) is 4.90 Å². The highest BCUT2D eigenvalue weighted by Crippen LogP contribution is 2.30. The van der Waals surface area contributed by atoms with E-state index in [-0.39, 0.29) is 18.2 Å². The van der Waals surface area contributed by atoms with Crippen molar-refractivity contribution in [2.75, 3.05) is 7.05 Å². The van der Waals surface area contributed by atoms with E-state index in [2.05, 4.69) is 17.2 Å². The van der Waals surface area contributed by atoms with Crippen LogP contribution in [0.5, 0.6) is 0 Å². The number of nitrogens with one attached hydrogen (secondary N) is 2. The molecular weight excluding hydrogens is 454 g/mol. The molecule has 1 saturated carbocycles. The Kier molecular flexibility index (Phi) is 8.08. The molecule has 0 spiro atoms. The monoisotopic (exact) mass is 489 g/mol. The summed E-state index contributed by atoms with van der Waals surface area (Å²) < 4.78 is 0. The summed E-state index contributed by atoms with van der Waals surface area (Å²) in [6, 6.07) is 15.3. The fraction of sp³-hybridized carbons (Fsp3) is 0.414. The number of carbonyl (C=O) groups excluding carboxylic acids is 2. The maximum absolute atomic E-state index is 13.6. The van der Waals surface area contributed by atoms with Crippen molar-refractivity contribution in [3.05, 3.63) is 71.9 Å². The average Bonchev–Trinajstić information content (AvgIpc) is 3.29. The highest BCUT2D eigenvalue weighted by atomic mass is 16.4. The smallest absolute Gasteiger partial charge is 0.326 e. The van der Waals surface area contributed by atoms with Crippen molar-refractivity contribution >= 4 is 28.7 Å². The normalized spacial score (nSPS) is 19.4. The highest BCUT2D eigenvalue weighted by molar-refractivity contribution is 5.92. The van der Waals surface area contributed by atoms with Crippen LogP contribution in [0.1, 0.15) is 43.7 Å². The van der Waals surface area contributed by atoms with E-state index in [1.54, 1.807) is 13.2 Å². The van der Waals surface area contributed by atoms with Gasteiger partial charge in [0.15, 0.2) is 0 Å². The first-order valence-electron chi connectivity index (χ1n) is 12.7. The molecule has 1 aliphatic carbocycles. The van der Waals surface area contributed by atoms with Crippen molar-refractivity contribution in [1.82, 2.24) is 15.2 Å². The number of aliphatic carboxylic acids is 1. The van der Waals surface area contributed by atoms with E-state index in [4.69, 9.17) is 0 Å². The summed E-state index contributed by atoms with van der Waals surface area (Å²) in [4.78, 5) is 43.9. The van der Waals surface area contributed by atoms with Gasteiger partial charge in [-0.2, -0.15) is 0 Å². The largest absolute Gasteiger partial charge is 0.480 e. The number of rotatable bonds is 9. The van der Waals surface area contributed by atoms with E-state index in [1.807, 2.05) is 54.6 Å². The number of benzene rings is 2. The minimum atomic E-state index is -1.12. The number of likely N-dealkylation sites (N-methyl/N-ethyl adjacent to an activating group) is 1. The Hall–Kier alpha value is -3.61. The topological polar surface area (TPSA) is 103 Å². The molecule has 1 heterocycles. The third-order valence-electron chi connectivity index (χ3n) is 7.39. The number of nitrogens with zero attached hydrogens (tertiary/aromatic N) is 1. The lowest BCUT2D eigenvalue weighted by Gasteiger charge is -2.34. The zero-order valence-electron chi connectivity index (χ0n) is 20.9. The number of carboxylic acids is 1. The fourth-order valence-electron chi connectivity index (χ4n) is 5.33. The molecule has 190 valence electrons. The fourth-order valence-corrected chi connectivity index (χ4v) is 5.33. The molecule has 1 fully saturated rings. The van der Waals surface area contributed by atoms with Gasteiger partial charge in [0.2, 0.25) is 11.8 Å². The minimum absolute atomic E-state index is 0.0406. The Morgan fingerprint density at radius 3 is 2.50 bits per heavy atom. The van der Waals surface area contributed by atoms with Gasteiger partial charge in [0.25, 0.3) is 0 Å². The number of aromatic nitrogens is 1. The predicted molar refractivity (Wildman–Crippen MR) is 139 cm³/mol. The van der Waals surface area contributed by atoms with Gasteiger partial charge in [-0.25, -0.2) is 4.79 Å². The van der Waals surface area contributed by atoms with E-state index < -0.39 is 24.0 Å². The van der Waals surface area contributed by atoms with Crippen LogP contribution in [-0.4, -0.2) is 51.9 Å². The maximum Gasteiger partial charge on any atom is 0.326 e. The molecule has 4 rings (SSSR count). The van der Waals surface area contributed by atoms with Gasteiger partial charge in [0, 0.05) is 42.9 Å². The first kappa shape index (κ1) is 25.5. The Bertz CT molecular complexity index is 1210. The van der Waals surface area contributed by atoms with Crippen LogP contribution in [0, 0.1) is 11.8 Å². The van der Waals surface area contributed by atoms with E-state index in [0.717, 1.165) is 47.7 Å². The summed E-state index contributed by atoms with van der Waals surface area (Å²) in [7, 11) is 1.67. The molecule has 2 unspecified atom stereocenters. The lowest BCUT2D eigenvalue weighted by atomic mass is 9.81. The van der Waals surface area contributed by atoms with Gasteiger partial charge in [-0.1, -0.05) is 68.3 Å². The average molecular weight is 490 g/mol. The molecule has 3 aromatic rings. The zero-order valence-corrected chi connectivity index (χ0v) is 20.9. The number of amides is 2. The Morgan fingerprint density at radius 1 is 1.06 bits per heavy atom. The summed E-state index contributed by atoms with van der Waals surface area (Å²) in [5.74, 6) is -1.23. The molecular formula is C29H35N3O4. The number of fused-ring (bicyclic) bond motifs is 1. The Labute approximate surface area is 211 Å². The number of hydrogen-bond acceptors (Lipinski definition) is 3. The van der Waals surface area contributed by atoms with Crippen molar-refractivity contribution < 1.29 is 19.5 Å². The van der Waals surface area contributed by atoms with E-state index in [0.29, 0.717) is 12.3 Å². The molecule has 1 aliphatic rings. The lowest BCUT2D eigenvalue weighted by Crippen LogP contribution is -2.54. The maximum atomic E-state index is 13.6. The SMILES string of the molecule is CC1CCCC(C(=O)N(C)[C@H](Cc2ccccc2)C(=O)N[C@@H](Cc2c[nH]c3ccccc23)C(=O)O)C1. The van der Waals surface area contributed by atoms with Crippen LogP contribution < -0.4 is 5.32 Å². The number of hydrogen-bond donors (Lipinski definition) is 3. The summed E-state index contributed by atoms with van der Waals surface area (Å²) in [6.45, 7) is 2.16. The van der Waals surface area contributed by atoms with Crippen LogP contribution in [0.2, 0.25) is 0 Å². The first-order valence-corrected chi connectivity index (χ1v) is 12.7. The van der Waals surface area contributed by atoms with Crippen molar-refractivity contribution in [1.29, 1.82) is 0 Å². The van der Waals surface area contributed by atoms with Gasteiger partial charge >= 0.3 is 5.97 Å². The third-order valence-corrected chi connectivity index (χ3v) is 7.39. The second kappa shape index (κ2) is 11.4. The Morgan fingerprint density at radius 2 is 1.78 bits per heavy atom. The van der Waals surface area contributed by atoms with Gasteiger partial charge in [-0.05, 0) is 36.0 Å².